The van der Waals surface area contributed by atoms with Crippen LogP contribution in [0.25, 0.3) is 0 Å². The summed E-state index contributed by atoms with van der Waals surface area (Å²) in [4.78, 5) is 15.5. The lowest BCUT2D eigenvalue weighted by molar-refractivity contribution is -0.142. The molecule has 1 aromatic heterocycles. The van der Waals surface area contributed by atoms with Crippen molar-refractivity contribution in [2.45, 2.75) is 38.2 Å². The van der Waals surface area contributed by atoms with Gasteiger partial charge < -0.3 is 14.4 Å². The molecule has 0 saturated heterocycles. The van der Waals surface area contributed by atoms with Gasteiger partial charge in [-0.05, 0) is 19.8 Å². The first-order chi connectivity index (χ1) is 9.11. The van der Waals surface area contributed by atoms with Crippen LogP contribution in [0, 0.1) is 5.92 Å². The van der Waals surface area contributed by atoms with Crippen LogP contribution >= 0.6 is 0 Å². The first-order valence-electron chi connectivity index (χ1n) is 6.35. The highest BCUT2D eigenvalue weighted by Crippen LogP contribution is 2.33. The largest absolute Gasteiger partial charge is 0.481 e. The Bertz CT molecular complexity index is 469. The summed E-state index contributed by atoms with van der Waals surface area (Å²) in [7, 11) is 1.62. The monoisotopic (exact) mass is 266 g/mol. The summed E-state index contributed by atoms with van der Waals surface area (Å²) in [6, 6.07) is 0. The van der Waals surface area contributed by atoms with Crippen molar-refractivity contribution < 1.29 is 19.2 Å². The van der Waals surface area contributed by atoms with E-state index in [1.807, 2.05) is 19.1 Å². The molecular weight excluding hydrogens is 248 g/mol. The second-order valence-corrected chi connectivity index (χ2v) is 4.79. The fourth-order valence-corrected chi connectivity index (χ4v) is 2.20. The van der Waals surface area contributed by atoms with Gasteiger partial charge in [0.05, 0.1) is 17.9 Å². The van der Waals surface area contributed by atoms with Gasteiger partial charge in [-0.1, -0.05) is 17.3 Å². The van der Waals surface area contributed by atoms with Gasteiger partial charge in [0, 0.05) is 13.5 Å². The molecule has 0 bridgehead atoms. The molecule has 19 heavy (non-hydrogen) atoms. The van der Waals surface area contributed by atoms with Crippen molar-refractivity contribution in [3.8, 4) is 0 Å². The molecule has 1 aromatic rings. The van der Waals surface area contributed by atoms with E-state index in [9.17, 15) is 9.90 Å². The highest BCUT2D eigenvalue weighted by molar-refractivity contribution is 5.71. The summed E-state index contributed by atoms with van der Waals surface area (Å²) in [6.45, 7) is 1.92. The predicted octanol–water partition coefficient (Wildman–Crippen LogP) is 1.78. The number of nitrogens with zero attached hydrogens (tertiary/aromatic N) is 2. The molecule has 2 rings (SSSR count). The van der Waals surface area contributed by atoms with Gasteiger partial charge in [-0.15, -0.1) is 0 Å². The van der Waals surface area contributed by atoms with Crippen molar-refractivity contribution in [3.05, 3.63) is 23.9 Å². The fourth-order valence-electron chi connectivity index (χ4n) is 2.20. The third kappa shape index (κ3) is 3.20. The average molecular weight is 266 g/mol. The Balaban J connectivity index is 2.12. The van der Waals surface area contributed by atoms with E-state index in [4.69, 9.17) is 9.26 Å². The Kier molecular flexibility index (Phi) is 4.31. The third-order valence-corrected chi connectivity index (χ3v) is 3.42. The molecule has 1 aliphatic carbocycles. The molecule has 6 heteroatoms. The number of aliphatic carboxylic acids is 1. The van der Waals surface area contributed by atoms with Crippen LogP contribution in [0.4, 0.5) is 0 Å². The maximum absolute atomic E-state index is 11.2. The molecule has 1 N–H and O–H groups in total. The van der Waals surface area contributed by atoms with E-state index < -0.39 is 11.9 Å². The molecule has 0 radical (unpaired) electrons. The van der Waals surface area contributed by atoms with Crippen molar-refractivity contribution in [2.24, 2.45) is 5.92 Å². The van der Waals surface area contributed by atoms with Crippen LogP contribution < -0.4 is 0 Å². The van der Waals surface area contributed by atoms with Crippen LogP contribution in [0.5, 0.6) is 0 Å². The first-order valence-corrected chi connectivity index (χ1v) is 6.35. The van der Waals surface area contributed by atoms with Crippen LogP contribution in [-0.4, -0.2) is 34.4 Å². The minimum Gasteiger partial charge on any atom is -0.481 e. The molecular formula is C13H18N2O4. The summed E-state index contributed by atoms with van der Waals surface area (Å²) in [6.07, 6.45) is 5.54. The highest BCUT2D eigenvalue weighted by atomic mass is 16.5. The van der Waals surface area contributed by atoms with E-state index >= 15 is 0 Å². The van der Waals surface area contributed by atoms with Crippen LogP contribution in [0.2, 0.25) is 0 Å². The van der Waals surface area contributed by atoms with E-state index in [1.54, 1.807) is 7.11 Å². The molecule has 0 spiro atoms. The number of rotatable bonds is 5. The van der Waals surface area contributed by atoms with E-state index in [2.05, 4.69) is 10.1 Å². The van der Waals surface area contributed by atoms with Crippen molar-refractivity contribution in [2.75, 3.05) is 7.11 Å². The van der Waals surface area contributed by atoms with Gasteiger partial charge in [-0.3, -0.25) is 4.79 Å². The number of carbonyl (C=O) groups is 1. The number of carboxylic acid groups (broad SMARTS) is 1. The Morgan fingerprint density at radius 3 is 3.00 bits per heavy atom. The van der Waals surface area contributed by atoms with Crippen molar-refractivity contribution >= 4 is 5.97 Å². The molecule has 3 unspecified atom stereocenters. The van der Waals surface area contributed by atoms with Gasteiger partial charge in [-0.25, -0.2) is 0 Å². The van der Waals surface area contributed by atoms with Gasteiger partial charge >= 0.3 is 5.97 Å². The molecule has 0 aromatic carbocycles. The molecule has 0 fully saturated rings. The Morgan fingerprint density at radius 2 is 2.32 bits per heavy atom. The molecule has 0 amide bonds. The molecule has 104 valence electrons. The predicted molar refractivity (Wildman–Crippen MR) is 66.7 cm³/mol. The summed E-state index contributed by atoms with van der Waals surface area (Å²) >= 11 is 0. The van der Waals surface area contributed by atoms with Gasteiger partial charge in [0.25, 0.3) is 0 Å². The van der Waals surface area contributed by atoms with Gasteiger partial charge in [-0.2, -0.15) is 4.98 Å². The van der Waals surface area contributed by atoms with Gasteiger partial charge in [0.15, 0.2) is 5.82 Å². The van der Waals surface area contributed by atoms with Crippen LogP contribution in [0.1, 0.15) is 37.4 Å². The molecule has 1 aliphatic rings. The topological polar surface area (TPSA) is 85.5 Å². The maximum Gasteiger partial charge on any atom is 0.307 e. The number of aromatic nitrogens is 2. The minimum absolute atomic E-state index is 0.00646. The SMILES string of the molecule is COC(C)Cc1noc(C2CC=CCC2C(=O)O)n1. The Labute approximate surface area is 111 Å². The number of carboxylic acids is 1. The van der Waals surface area contributed by atoms with Gasteiger partial charge in [0.1, 0.15) is 0 Å². The van der Waals surface area contributed by atoms with E-state index in [1.165, 1.54) is 0 Å². The zero-order valence-corrected chi connectivity index (χ0v) is 11.1. The lowest BCUT2D eigenvalue weighted by atomic mass is 9.83. The summed E-state index contributed by atoms with van der Waals surface area (Å²) in [5, 5.41) is 13.1. The summed E-state index contributed by atoms with van der Waals surface area (Å²) in [5.41, 5.74) is 0. The first kappa shape index (κ1) is 13.7. The van der Waals surface area contributed by atoms with E-state index in [0.717, 1.165) is 0 Å². The molecule has 1 heterocycles. The quantitative estimate of drug-likeness (QED) is 0.818. The zero-order chi connectivity index (χ0) is 13.8. The van der Waals surface area contributed by atoms with Crippen molar-refractivity contribution in [1.29, 1.82) is 0 Å². The van der Waals surface area contributed by atoms with Crippen LogP contribution in [-0.2, 0) is 16.0 Å². The van der Waals surface area contributed by atoms with Gasteiger partial charge in [0.2, 0.25) is 5.89 Å². The Hall–Kier alpha value is -1.69. The standard InChI is InChI=1S/C13H18N2O4/c1-8(18-2)7-11-14-12(19-15-11)9-5-3-4-6-10(9)13(16)17/h3-4,8-10H,5-7H2,1-2H3,(H,16,17). The molecule has 3 atom stereocenters. The van der Waals surface area contributed by atoms with E-state index in [0.29, 0.717) is 31.0 Å². The highest BCUT2D eigenvalue weighted by Gasteiger charge is 2.33. The summed E-state index contributed by atoms with van der Waals surface area (Å²) < 4.78 is 10.4. The average Bonchev–Trinajstić information content (AvgIpc) is 2.86. The lowest BCUT2D eigenvalue weighted by Gasteiger charge is -2.21. The zero-order valence-electron chi connectivity index (χ0n) is 11.1. The van der Waals surface area contributed by atoms with Crippen molar-refractivity contribution in [1.82, 2.24) is 10.1 Å². The molecule has 6 nitrogen and oxygen atoms in total. The lowest BCUT2D eigenvalue weighted by Crippen LogP contribution is -2.23. The number of hydrogen-bond acceptors (Lipinski definition) is 5. The second kappa shape index (κ2) is 5.97. The third-order valence-electron chi connectivity index (χ3n) is 3.42. The van der Waals surface area contributed by atoms with E-state index in [-0.39, 0.29) is 12.0 Å². The fraction of sp³-hybridized carbons (Fsp3) is 0.615. The molecule has 0 saturated carbocycles. The smallest absolute Gasteiger partial charge is 0.307 e. The Morgan fingerprint density at radius 1 is 1.58 bits per heavy atom. The second-order valence-electron chi connectivity index (χ2n) is 4.79. The summed E-state index contributed by atoms with van der Waals surface area (Å²) in [5.74, 6) is -0.572. The normalized spacial score (nSPS) is 24.3. The maximum atomic E-state index is 11.2. The number of hydrogen-bond donors (Lipinski definition) is 1. The minimum atomic E-state index is -0.820. The van der Waals surface area contributed by atoms with Crippen LogP contribution in [0.3, 0.4) is 0 Å². The van der Waals surface area contributed by atoms with Crippen molar-refractivity contribution in [3.63, 3.8) is 0 Å². The number of ether oxygens (including phenoxy) is 1. The van der Waals surface area contributed by atoms with Crippen LogP contribution in [0.15, 0.2) is 16.7 Å². The number of methoxy groups -OCH3 is 1. The number of allylic oxidation sites excluding steroid dienone is 2. The molecule has 0 aliphatic heterocycles.